The van der Waals surface area contributed by atoms with Crippen molar-refractivity contribution >= 4 is 33.1 Å². The fraction of sp³-hybridized carbons (Fsp3) is 0.429. The number of nitrogens with zero attached hydrogens (tertiary/aromatic N) is 1. The van der Waals surface area contributed by atoms with Crippen LogP contribution in [0.4, 0.5) is 5.69 Å². The molecule has 3 rings (SSSR count). The highest BCUT2D eigenvalue weighted by molar-refractivity contribution is 7.18. The molecule has 0 saturated heterocycles. The van der Waals surface area contributed by atoms with Gasteiger partial charge in [-0.3, -0.25) is 4.79 Å². The summed E-state index contributed by atoms with van der Waals surface area (Å²) in [6.07, 6.45) is 4.44. The number of hydrogen-bond donors (Lipinski definition) is 1. The van der Waals surface area contributed by atoms with Gasteiger partial charge in [-0.2, -0.15) is 0 Å². The van der Waals surface area contributed by atoms with Gasteiger partial charge in [-0.15, -0.1) is 11.3 Å². The molecule has 0 spiro atoms. The molecule has 1 amide bonds. The summed E-state index contributed by atoms with van der Waals surface area (Å²) < 4.78 is 1.14. The summed E-state index contributed by atoms with van der Waals surface area (Å²) in [7, 11) is 0. The molecule has 0 unspecified atom stereocenters. The second kappa shape index (κ2) is 4.69. The van der Waals surface area contributed by atoms with E-state index in [0.717, 1.165) is 33.8 Å². The third-order valence-electron chi connectivity index (χ3n) is 3.49. The number of nitrogens with one attached hydrogen (secondary N) is 1. The first-order valence-corrected chi connectivity index (χ1v) is 7.22. The lowest BCUT2D eigenvalue weighted by Gasteiger charge is -2.10. The maximum Gasteiger partial charge on any atom is 0.227 e. The van der Waals surface area contributed by atoms with Crippen molar-refractivity contribution in [2.75, 3.05) is 5.32 Å². The minimum Gasteiger partial charge on any atom is -0.326 e. The van der Waals surface area contributed by atoms with Crippen molar-refractivity contribution in [2.45, 2.75) is 32.6 Å². The number of thiazole rings is 1. The first-order chi connectivity index (χ1) is 8.72. The van der Waals surface area contributed by atoms with Gasteiger partial charge in [0.15, 0.2) is 0 Å². The zero-order chi connectivity index (χ0) is 12.5. The third kappa shape index (κ3) is 2.25. The molecule has 2 aromatic rings. The summed E-state index contributed by atoms with van der Waals surface area (Å²) in [6.45, 7) is 2.00. The van der Waals surface area contributed by atoms with Crippen LogP contribution in [0, 0.1) is 12.8 Å². The summed E-state index contributed by atoms with van der Waals surface area (Å²) in [5, 5.41) is 4.08. The van der Waals surface area contributed by atoms with Crippen LogP contribution in [0.5, 0.6) is 0 Å². The van der Waals surface area contributed by atoms with Crippen LogP contribution in [0.15, 0.2) is 18.2 Å². The summed E-state index contributed by atoms with van der Waals surface area (Å²) in [6, 6.07) is 5.93. The lowest BCUT2D eigenvalue weighted by Crippen LogP contribution is -2.20. The van der Waals surface area contributed by atoms with E-state index in [2.05, 4.69) is 10.3 Å². The molecule has 1 fully saturated rings. The van der Waals surface area contributed by atoms with Crippen LogP contribution < -0.4 is 5.32 Å². The Morgan fingerprint density at radius 2 is 2.17 bits per heavy atom. The van der Waals surface area contributed by atoms with E-state index in [-0.39, 0.29) is 11.8 Å². The molecule has 0 bridgehead atoms. The summed E-state index contributed by atoms with van der Waals surface area (Å²) in [5.74, 6) is 0.386. The lowest BCUT2D eigenvalue weighted by atomic mass is 10.1. The second-order valence-electron chi connectivity index (χ2n) is 4.89. The van der Waals surface area contributed by atoms with Gasteiger partial charge in [-0.25, -0.2) is 4.98 Å². The van der Waals surface area contributed by atoms with Gasteiger partial charge in [-0.1, -0.05) is 12.8 Å². The van der Waals surface area contributed by atoms with E-state index in [0.29, 0.717) is 0 Å². The van der Waals surface area contributed by atoms with Gasteiger partial charge in [0.05, 0.1) is 15.2 Å². The Hall–Kier alpha value is -1.42. The number of rotatable bonds is 2. The Balaban J connectivity index is 1.79. The Labute approximate surface area is 110 Å². The molecular weight excluding hydrogens is 244 g/mol. The van der Waals surface area contributed by atoms with E-state index >= 15 is 0 Å². The third-order valence-corrected chi connectivity index (χ3v) is 4.42. The van der Waals surface area contributed by atoms with E-state index in [1.54, 1.807) is 11.3 Å². The Kier molecular flexibility index (Phi) is 3.04. The molecule has 1 heterocycles. The molecule has 1 aromatic carbocycles. The van der Waals surface area contributed by atoms with Crippen molar-refractivity contribution in [3.05, 3.63) is 23.2 Å². The van der Waals surface area contributed by atoms with Crippen LogP contribution in [0.2, 0.25) is 0 Å². The highest BCUT2D eigenvalue weighted by Gasteiger charge is 2.22. The van der Waals surface area contributed by atoms with E-state index in [4.69, 9.17) is 0 Å². The Morgan fingerprint density at radius 1 is 1.39 bits per heavy atom. The number of hydrogen-bond acceptors (Lipinski definition) is 3. The zero-order valence-corrected chi connectivity index (χ0v) is 11.2. The second-order valence-corrected chi connectivity index (χ2v) is 6.12. The van der Waals surface area contributed by atoms with Gasteiger partial charge in [0, 0.05) is 11.6 Å². The number of carbonyl (C=O) groups is 1. The largest absolute Gasteiger partial charge is 0.326 e. The van der Waals surface area contributed by atoms with Crippen LogP contribution in [-0.4, -0.2) is 10.9 Å². The van der Waals surface area contributed by atoms with Gasteiger partial charge < -0.3 is 5.32 Å². The van der Waals surface area contributed by atoms with Crippen LogP contribution in [-0.2, 0) is 4.79 Å². The number of fused-ring (bicyclic) bond motifs is 1. The molecule has 0 atom stereocenters. The smallest absolute Gasteiger partial charge is 0.227 e. The SMILES string of the molecule is Cc1nc2ccc(NC(=O)C3CCCC3)cc2s1. The number of carbonyl (C=O) groups excluding carboxylic acids is 1. The average Bonchev–Trinajstić information content (AvgIpc) is 2.95. The number of anilines is 1. The molecule has 1 aromatic heterocycles. The first-order valence-electron chi connectivity index (χ1n) is 6.40. The van der Waals surface area contributed by atoms with Crippen molar-refractivity contribution in [3.8, 4) is 0 Å². The Morgan fingerprint density at radius 3 is 2.94 bits per heavy atom. The van der Waals surface area contributed by atoms with Crippen LogP contribution in [0.1, 0.15) is 30.7 Å². The minimum absolute atomic E-state index is 0.174. The average molecular weight is 260 g/mol. The molecule has 4 heteroatoms. The van der Waals surface area contributed by atoms with Crippen molar-refractivity contribution in [1.29, 1.82) is 0 Å². The number of benzene rings is 1. The maximum atomic E-state index is 12.0. The molecule has 3 nitrogen and oxygen atoms in total. The van der Waals surface area contributed by atoms with E-state index in [9.17, 15) is 4.79 Å². The fourth-order valence-corrected chi connectivity index (χ4v) is 3.42. The van der Waals surface area contributed by atoms with Crippen molar-refractivity contribution in [3.63, 3.8) is 0 Å². The number of amides is 1. The topological polar surface area (TPSA) is 42.0 Å². The van der Waals surface area contributed by atoms with Crippen molar-refractivity contribution in [1.82, 2.24) is 4.98 Å². The van der Waals surface area contributed by atoms with Gasteiger partial charge in [0.2, 0.25) is 5.91 Å². The summed E-state index contributed by atoms with van der Waals surface area (Å²) >= 11 is 1.66. The van der Waals surface area contributed by atoms with Gasteiger partial charge in [0.1, 0.15) is 0 Å². The maximum absolute atomic E-state index is 12.0. The van der Waals surface area contributed by atoms with Crippen LogP contribution in [0.3, 0.4) is 0 Å². The summed E-state index contributed by atoms with van der Waals surface area (Å²) in [5.41, 5.74) is 1.90. The monoisotopic (exact) mass is 260 g/mol. The number of aryl methyl sites for hydroxylation is 1. The van der Waals surface area contributed by atoms with E-state index < -0.39 is 0 Å². The normalized spacial score (nSPS) is 16.3. The minimum atomic E-state index is 0.174. The van der Waals surface area contributed by atoms with E-state index in [1.807, 2.05) is 25.1 Å². The first kappa shape index (κ1) is 11.7. The molecule has 1 saturated carbocycles. The predicted octanol–water partition coefficient (Wildman–Crippen LogP) is 3.73. The van der Waals surface area contributed by atoms with Crippen molar-refractivity contribution < 1.29 is 4.79 Å². The predicted molar refractivity (Wildman–Crippen MR) is 74.9 cm³/mol. The molecule has 1 N–H and O–H groups in total. The zero-order valence-electron chi connectivity index (χ0n) is 10.4. The highest BCUT2D eigenvalue weighted by Crippen LogP contribution is 2.28. The fourth-order valence-electron chi connectivity index (χ4n) is 2.55. The molecule has 0 aliphatic heterocycles. The highest BCUT2D eigenvalue weighted by atomic mass is 32.1. The van der Waals surface area contributed by atoms with Crippen LogP contribution >= 0.6 is 11.3 Å². The molecule has 18 heavy (non-hydrogen) atoms. The van der Waals surface area contributed by atoms with Gasteiger partial charge in [-0.05, 0) is 38.0 Å². The summed E-state index contributed by atoms with van der Waals surface area (Å²) in [4.78, 5) is 16.4. The quantitative estimate of drug-likeness (QED) is 0.894. The molecule has 0 radical (unpaired) electrons. The van der Waals surface area contributed by atoms with E-state index in [1.165, 1.54) is 12.8 Å². The molecule has 1 aliphatic rings. The molecule has 1 aliphatic carbocycles. The Bertz CT molecular complexity index is 584. The lowest BCUT2D eigenvalue weighted by molar-refractivity contribution is -0.119. The van der Waals surface area contributed by atoms with Crippen LogP contribution in [0.25, 0.3) is 10.2 Å². The van der Waals surface area contributed by atoms with Crippen molar-refractivity contribution in [2.24, 2.45) is 5.92 Å². The standard InChI is InChI=1S/C14H16N2OS/c1-9-15-12-7-6-11(8-13(12)18-9)16-14(17)10-4-2-3-5-10/h6-8,10H,2-5H2,1H3,(H,16,17). The molecular formula is C14H16N2OS. The molecule has 94 valence electrons. The van der Waals surface area contributed by atoms with Gasteiger partial charge in [0.25, 0.3) is 0 Å². The van der Waals surface area contributed by atoms with Gasteiger partial charge >= 0.3 is 0 Å². The number of aromatic nitrogens is 1.